The minimum Gasteiger partial charge on any atom is -0.337 e. The summed E-state index contributed by atoms with van der Waals surface area (Å²) in [4.78, 5) is 7.12. The second kappa shape index (κ2) is 4.65. The Kier molecular flexibility index (Phi) is 3.24. The lowest BCUT2D eigenvalue weighted by Gasteiger charge is -2.11. The smallest absolute Gasteiger partial charge is 0.177 e. The lowest BCUT2D eigenvalue weighted by Crippen LogP contribution is -2.09. The van der Waals surface area contributed by atoms with Gasteiger partial charge in [0, 0.05) is 37.4 Å². The van der Waals surface area contributed by atoms with Crippen LogP contribution in [0.25, 0.3) is 0 Å². The number of nitrogens with one attached hydrogen (secondary N) is 1. The molecule has 2 aromatic heterocycles. The zero-order chi connectivity index (χ0) is 11.5. The second-order valence-corrected chi connectivity index (χ2v) is 4.51. The zero-order valence-electron chi connectivity index (χ0n) is 9.55. The van der Waals surface area contributed by atoms with Crippen LogP contribution < -0.4 is 0 Å². The maximum atomic E-state index is 5.27. The Morgan fingerprint density at radius 2 is 2.25 bits per heavy atom. The predicted molar refractivity (Wildman–Crippen MR) is 65.9 cm³/mol. The van der Waals surface area contributed by atoms with E-state index >= 15 is 0 Å². The molecular formula is C11H16N4S. The molecule has 0 aromatic carbocycles. The lowest BCUT2D eigenvalue weighted by atomic mass is 10.1. The van der Waals surface area contributed by atoms with Crippen LogP contribution in [0.1, 0.15) is 25.5 Å². The van der Waals surface area contributed by atoms with Crippen molar-refractivity contribution in [3.63, 3.8) is 0 Å². The van der Waals surface area contributed by atoms with Gasteiger partial charge in [0.1, 0.15) is 0 Å². The maximum absolute atomic E-state index is 5.27. The highest BCUT2D eigenvalue weighted by molar-refractivity contribution is 7.71. The highest BCUT2D eigenvalue weighted by Gasteiger charge is 2.07. The predicted octanol–water partition coefficient (Wildman–Crippen LogP) is 2.57. The summed E-state index contributed by atoms with van der Waals surface area (Å²) in [6.07, 6.45) is 7.58. The SMILES string of the molecule is CC(C)c1c[nH]c(=S)n1CCn1ccnc1. The Hall–Kier alpha value is -1.36. The van der Waals surface area contributed by atoms with Gasteiger partial charge < -0.3 is 14.1 Å². The van der Waals surface area contributed by atoms with E-state index in [0.717, 1.165) is 17.9 Å². The number of hydrogen-bond donors (Lipinski definition) is 1. The van der Waals surface area contributed by atoms with Crippen LogP contribution in [-0.4, -0.2) is 19.1 Å². The van der Waals surface area contributed by atoms with Crippen LogP contribution in [0.5, 0.6) is 0 Å². The molecule has 0 radical (unpaired) electrons. The number of nitrogens with zero attached hydrogens (tertiary/aromatic N) is 3. The first-order chi connectivity index (χ1) is 7.68. The number of H-pyrrole nitrogens is 1. The molecule has 0 unspecified atom stereocenters. The summed E-state index contributed by atoms with van der Waals surface area (Å²) in [6.45, 7) is 6.12. The van der Waals surface area contributed by atoms with Gasteiger partial charge in [-0.1, -0.05) is 13.8 Å². The van der Waals surface area contributed by atoms with Gasteiger partial charge in [0.05, 0.1) is 6.33 Å². The Balaban J connectivity index is 2.14. The fourth-order valence-electron chi connectivity index (χ4n) is 1.75. The van der Waals surface area contributed by atoms with Gasteiger partial charge in [-0.3, -0.25) is 0 Å². The zero-order valence-corrected chi connectivity index (χ0v) is 10.4. The van der Waals surface area contributed by atoms with Crippen molar-refractivity contribution in [1.82, 2.24) is 19.1 Å². The van der Waals surface area contributed by atoms with Crippen molar-refractivity contribution in [1.29, 1.82) is 0 Å². The molecule has 16 heavy (non-hydrogen) atoms. The number of aryl methyl sites for hydroxylation is 1. The van der Waals surface area contributed by atoms with E-state index in [-0.39, 0.29) is 0 Å². The topological polar surface area (TPSA) is 38.5 Å². The molecule has 0 fully saturated rings. The van der Waals surface area contributed by atoms with Gasteiger partial charge in [-0.2, -0.15) is 0 Å². The summed E-state index contributed by atoms with van der Waals surface area (Å²) in [5.41, 5.74) is 1.25. The van der Waals surface area contributed by atoms with Crippen molar-refractivity contribution < 1.29 is 0 Å². The van der Waals surface area contributed by atoms with E-state index in [2.05, 4.69) is 32.9 Å². The van der Waals surface area contributed by atoms with E-state index in [1.807, 2.05) is 18.7 Å². The molecule has 0 spiro atoms. The molecule has 0 aliphatic heterocycles. The Labute approximate surface area is 99.9 Å². The normalized spacial score (nSPS) is 11.2. The van der Waals surface area contributed by atoms with Crippen molar-refractivity contribution >= 4 is 12.2 Å². The van der Waals surface area contributed by atoms with Crippen molar-refractivity contribution in [3.05, 3.63) is 35.4 Å². The fraction of sp³-hybridized carbons (Fsp3) is 0.455. The van der Waals surface area contributed by atoms with E-state index in [0.29, 0.717) is 5.92 Å². The number of aromatic nitrogens is 4. The van der Waals surface area contributed by atoms with Crippen LogP contribution in [-0.2, 0) is 13.1 Å². The van der Waals surface area contributed by atoms with E-state index in [4.69, 9.17) is 12.2 Å². The van der Waals surface area contributed by atoms with Crippen LogP contribution in [0.3, 0.4) is 0 Å². The molecule has 2 aromatic rings. The van der Waals surface area contributed by atoms with E-state index in [1.54, 1.807) is 6.20 Å². The minimum absolute atomic E-state index is 0.482. The van der Waals surface area contributed by atoms with Crippen LogP contribution in [0.4, 0.5) is 0 Å². The quantitative estimate of drug-likeness (QED) is 0.829. The van der Waals surface area contributed by atoms with E-state index in [9.17, 15) is 0 Å². The molecule has 0 bridgehead atoms. The van der Waals surface area contributed by atoms with Gasteiger partial charge in [0.25, 0.3) is 0 Å². The molecule has 0 amide bonds. The molecule has 0 aliphatic carbocycles. The van der Waals surface area contributed by atoms with Gasteiger partial charge in [0.15, 0.2) is 4.77 Å². The Bertz CT molecular complexity index is 492. The first-order valence-electron chi connectivity index (χ1n) is 5.42. The van der Waals surface area contributed by atoms with Gasteiger partial charge in [-0.25, -0.2) is 4.98 Å². The summed E-state index contributed by atoms with van der Waals surface area (Å²) in [7, 11) is 0. The van der Waals surface area contributed by atoms with Crippen molar-refractivity contribution in [2.24, 2.45) is 0 Å². The van der Waals surface area contributed by atoms with Gasteiger partial charge in [0.2, 0.25) is 0 Å². The van der Waals surface area contributed by atoms with Crippen LogP contribution >= 0.6 is 12.2 Å². The number of hydrogen-bond acceptors (Lipinski definition) is 2. The molecule has 2 rings (SSSR count). The first kappa shape index (κ1) is 11.1. The van der Waals surface area contributed by atoms with Gasteiger partial charge in [-0.05, 0) is 18.1 Å². The second-order valence-electron chi connectivity index (χ2n) is 4.13. The molecule has 1 N–H and O–H groups in total. The fourth-order valence-corrected chi connectivity index (χ4v) is 2.01. The third-order valence-corrected chi connectivity index (χ3v) is 2.97. The van der Waals surface area contributed by atoms with Crippen LogP contribution in [0.15, 0.2) is 24.9 Å². The summed E-state index contributed by atoms with van der Waals surface area (Å²) in [5.74, 6) is 0.482. The number of imidazole rings is 2. The largest absolute Gasteiger partial charge is 0.337 e. The molecule has 5 heteroatoms. The lowest BCUT2D eigenvalue weighted by molar-refractivity contribution is 0.547. The van der Waals surface area contributed by atoms with Gasteiger partial charge >= 0.3 is 0 Å². The van der Waals surface area contributed by atoms with Crippen LogP contribution in [0.2, 0.25) is 0 Å². The third-order valence-electron chi connectivity index (χ3n) is 2.63. The van der Waals surface area contributed by atoms with E-state index < -0.39 is 0 Å². The summed E-state index contributed by atoms with van der Waals surface area (Å²) in [5, 5.41) is 0. The van der Waals surface area contributed by atoms with Crippen molar-refractivity contribution in [3.8, 4) is 0 Å². The highest BCUT2D eigenvalue weighted by atomic mass is 32.1. The maximum Gasteiger partial charge on any atom is 0.177 e. The Morgan fingerprint density at radius 3 is 2.88 bits per heavy atom. The monoisotopic (exact) mass is 236 g/mol. The molecule has 0 saturated heterocycles. The van der Waals surface area contributed by atoms with Gasteiger partial charge in [-0.15, -0.1) is 0 Å². The summed E-state index contributed by atoms with van der Waals surface area (Å²) in [6, 6.07) is 0. The van der Waals surface area contributed by atoms with Crippen molar-refractivity contribution in [2.45, 2.75) is 32.9 Å². The first-order valence-corrected chi connectivity index (χ1v) is 5.83. The van der Waals surface area contributed by atoms with E-state index in [1.165, 1.54) is 5.69 Å². The standard InChI is InChI=1S/C11H16N4S/c1-9(2)10-7-13-11(16)15(10)6-5-14-4-3-12-8-14/h3-4,7-9H,5-6H2,1-2H3,(H,13,16). The summed E-state index contributed by atoms with van der Waals surface area (Å²) >= 11 is 5.27. The molecule has 2 heterocycles. The Morgan fingerprint density at radius 1 is 1.44 bits per heavy atom. The van der Waals surface area contributed by atoms with Crippen LogP contribution in [0, 0.1) is 4.77 Å². The number of aromatic amines is 1. The molecule has 0 saturated carbocycles. The highest BCUT2D eigenvalue weighted by Crippen LogP contribution is 2.14. The average Bonchev–Trinajstić information content (AvgIpc) is 2.84. The minimum atomic E-state index is 0.482. The third kappa shape index (κ3) is 2.24. The number of rotatable bonds is 4. The average molecular weight is 236 g/mol. The summed E-state index contributed by atoms with van der Waals surface area (Å²) < 4.78 is 5.00. The molecule has 0 atom stereocenters. The molecule has 4 nitrogen and oxygen atoms in total. The molecule has 86 valence electrons. The molecular weight excluding hydrogens is 220 g/mol. The molecule has 0 aliphatic rings. The van der Waals surface area contributed by atoms with Crippen molar-refractivity contribution in [2.75, 3.05) is 0 Å².